The van der Waals surface area contributed by atoms with Gasteiger partial charge in [-0.25, -0.2) is 0 Å². The molecule has 2 heterocycles. The van der Waals surface area contributed by atoms with E-state index in [2.05, 4.69) is 20.8 Å². The van der Waals surface area contributed by atoms with Gasteiger partial charge in [0.15, 0.2) is 23.0 Å². The summed E-state index contributed by atoms with van der Waals surface area (Å²) >= 11 is 0. The van der Waals surface area contributed by atoms with Crippen LogP contribution < -0.4 is 20.1 Å². The van der Waals surface area contributed by atoms with Crippen LogP contribution in [0.4, 0.5) is 11.5 Å². The Morgan fingerprint density at radius 3 is 2.57 bits per heavy atom. The van der Waals surface area contributed by atoms with E-state index in [4.69, 9.17) is 9.47 Å². The first kappa shape index (κ1) is 15.1. The largest absolute Gasteiger partial charge is 0.454 e. The molecule has 3 rings (SSSR count). The molecule has 1 aliphatic rings. The van der Waals surface area contributed by atoms with Gasteiger partial charge in [-0.05, 0) is 45.0 Å². The van der Waals surface area contributed by atoms with Crippen molar-refractivity contribution in [2.75, 3.05) is 12.1 Å². The van der Waals surface area contributed by atoms with Crippen molar-refractivity contribution in [2.45, 2.75) is 26.3 Å². The van der Waals surface area contributed by atoms with Crippen LogP contribution >= 0.6 is 0 Å². The molecule has 0 radical (unpaired) electrons. The van der Waals surface area contributed by atoms with Crippen LogP contribution in [0.3, 0.4) is 0 Å². The van der Waals surface area contributed by atoms with Gasteiger partial charge in [0.2, 0.25) is 6.79 Å². The molecule has 0 saturated heterocycles. The fraction of sp³-hybridized carbons (Fsp3) is 0.312. The summed E-state index contributed by atoms with van der Waals surface area (Å²) in [6, 6.07) is 8.83. The number of anilines is 2. The van der Waals surface area contributed by atoms with Crippen LogP contribution in [-0.2, 0) is 0 Å². The van der Waals surface area contributed by atoms with Crippen molar-refractivity contribution in [3.8, 4) is 11.5 Å². The van der Waals surface area contributed by atoms with Crippen LogP contribution in [0.1, 0.15) is 31.3 Å². The van der Waals surface area contributed by atoms with E-state index < -0.39 is 0 Å². The highest BCUT2D eigenvalue weighted by Crippen LogP contribution is 2.34. The highest BCUT2D eigenvalue weighted by Gasteiger charge is 2.17. The molecule has 1 amide bonds. The van der Waals surface area contributed by atoms with Gasteiger partial charge < -0.3 is 20.1 Å². The number of nitrogens with one attached hydrogen (secondary N) is 2. The standard InChI is InChI=1S/C16H18N4O3/c1-16(2,3)18-15(21)11-5-7-14(20-19-11)17-10-4-6-12-13(8-10)23-9-22-12/h4-8H,9H2,1-3H3,(H,17,20)(H,18,21). The maximum atomic E-state index is 12.0. The zero-order chi connectivity index (χ0) is 16.4. The average molecular weight is 314 g/mol. The number of carbonyl (C=O) groups is 1. The second-order valence-corrected chi connectivity index (χ2v) is 6.20. The van der Waals surface area contributed by atoms with E-state index >= 15 is 0 Å². The summed E-state index contributed by atoms with van der Waals surface area (Å²) in [7, 11) is 0. The Labute approximate surface area is 134 Å². The highest BCUT2D eigenvalue weighted by molar-refractivity contribution is 5.92. The van der Waals surface area contributed by atoms with Crippen molar-refractivity contribution in [1.82, 2.24) is 15.5 Å². The lowest BCUT2D eigenvalue weighted by Gasteiger charge is -2.19. The van der Waals surface area contributed by atoms with Gasteiger partial charge in [0, 0.05) is 17.3 Å². The summed E-state index contributed by atoms with van der Waals surface area (Å²) in [6.07, 6.45) is 0. The summed E-state index contributed by atoms with van der Waals surface area (Å²) in [6.45, 7) is 5.96. The molecular formula is C16H18N4O3. The van der Waals surface area contributed by atoms with Gasteiger partial charge in [-0.3, -0.25) is 4.79 Å². The van der Waals surface area contributed by atoms with E-state index in [1.54, 1.807) is 12.1 Å². The van der Waals surface area contributed by atoms with Crippen LogP contribution in [0.15, 0.2) is 30.3 Å². The Kier molecular flexibility index (Phi) is 3.77. The predicted octanol–water partition coefficient (Wildman–Crippen LogP) is 2.48. The summed E-state index contributed by atoms with van der Waals surface area (Å²) in [4.78, 5) is 12.0. The molecule has 7 nitrogen and oxygen atoms in total. The third kappa shape index (κ3) is 3.68. The van der Waals surface area contributed by atoms with Crippen molar-refractivity contribution >= 4 is 17.4 Å². The smallest absolute Gasteiger partial charge is 0.272 e. The molecule has 0 bridgehead atoms. The minimum Gasteiger partial charge on any atom is -0.454 e. The average Bonchev–Trinajstić information content (AvgIpc) is 2.94. The van der Waals surface area contributed by atoms with Crippen LogP contribution in [-0.4, -0.2) is 28.4 Å². The van der Waals surface area contributed by atoms with Gasteiger partial charge >= 0.3 is 0 Å². The van der Waals surface area contributed by atoms with E-state index in [1.165, 1.54) is 0 Å². The van der Waals surface area contributed by atoms with Crippen LogP contribution in [0, 0.1) is 0 Å². The zero-order valence-electron chi connectivity index (χ0n) is 13.2. The van der Waals surface area contributed by atoms with E-state index in [0.29, 0.717) is 11.6 Å². The Morgan fingerprint density at radius 2 is 1.87 bits per heavy atom. The van der Waals surface area contributed by atoms with E-state index in [9.17, 15) is 4.79 Å². The molecule has 1 aliphatic heterocycles. The summed E-state index contributed by atoms with van der Waals surface area (Å²) < 4.78 is 10.6. The Bertz CT molecular complexity index is 723. The van der Waals surface area contributed by atoms with E-state index in [1.807, 2.05) is 39.0 Å². The number of carbonyl (C=O) groups excluding carboxylic acids is 1. The molecule has 0 unspecified atom stereocenters. The minimum atomic E-state index is -0.317. The lowest BCUT2D eigenvalue weighted by atomic mass is 10.1. The first-order valence-electron chi connectivity index (χ1n) is 7.24. The third-order valence-corrected chi connectivity index (χ3v) is 3.03. The van der Waals surface area contributed by atoms with Gasteiger partial charge in [-0.1, -0.05) is 0 Å². The third-order valence-electron chi connectivity index (χ3n) is 3.03. The topological polar surface area (TPSA) is 85.4 Å². The van der Waals surface area contributed by atoms with Crippen LogP contribution in [0.25, 0.3) is 0 Å². The molecule has 120 valence electrons. The fourth-order valence-corrected chi connectivity index (χ4v) is 2.05. The van der Waals surface area contributed by atoms with E-state index in [0.717, 1.165) is 11.4 Å². The molecule has 0 aliphatic carbocycles. The van der Waals surface area contributed by atoms with Gasteiger partial charge in [-0.2, -0.15) is 0 Å². The Balaban J connectivity index is 1.69. The lowest BCUT2D eigenvalue weighted by molar-refractivity contribution is 0.0913. The lowest BCUT2D eigenvalue weighted by Crippen LogP contribution is -2.41. The maximum Gasteiger partial charge on any atom is 0.272 e. The molecule has 0 atom stereocenters. The SMILES string of the molecule is CC(C)(C)NC(=O)c1ccc(Nc2ccc3c(c2)OCO3)nn1. The van der Waals surface area contributed by atoms with Crippen molar-refractivity contribution < 1.29 is 14.3 Å². The summed E-state index contributed by atoms with van der Waals surface area (Å²) in [5, 5.41) is 13.9. The normalized spacial score (nSPS) is 12.8. The molecule has 7 heteroatoms. The number of amides is 1. The summed E-state index contributed by atoms with van der Waals surface area (Å²) in [5.74, 6) is 1.69. The maximum absolute atomic E-state index is 12.0. The monoisotopic (exact) mass is 314 g/mol. The minimum absolute atomic E-state index is 0.232. The summed E-state index contributed by atoms with van der Waals surface area (Å²) in [5.41, 5.74) is 0.758. The molecule has 2 aromatic rings. The van der Waals surface area contributed by atoms with Crippen molar-refractivity contribution in [3.63, 3.8) is 0 Å². The van der Waals surface area contributed by atoms with Gasteiger partial charge in [0.25, 0.3) is 5.91 Å². The molecule has 1 aromatic heterocycles. The molecule has 1 aromatic carbocycles. The van der Waals surface area contributed by atoms with Gasteiger partial charge in [0.05, 0.1) is 0 Å². The van der Waals surface area contributed by atoms with E-state index in [-0.39, 0.29) is 23.9 Å². The zero-order valence-corrected chi connectivity index (χ0v) is 13.2. The molecule has 0 fully saturated rings. The molecule has 2 N–H and O–H groups in total. The number of hydrogen-bond donors (Lipinski definition) is 2. The van der Waals surface area contributed by atoms with Gasteiger partial charge in [0.1, 0.15) is 0 Å². The van der Waals surface area contributed by atoms with Crippen LogP contribution in [0.2, 0.25) is 0 Å². The van der Waals surface area contributed by atoms with Crippen molar-refractivity contribution in [2.24, 2.45) is 0 Å². The molecule has 0 saturated carbocycles. The number of benzene rings is 1. The van der Waals surface area contributed by atoms with Crippen molar-refractivity contribution in [3.05, 3.63) is 36.0 Å². The number of hydrogen-bond acceptors (Lipinski definition) is 6. The Hall–Kier alpha value is -2.83. The first-order valence-corrected chi connectivity index (χ1v) is 7.24. The highest BCUT2D eigenvalue weighted by atomic mass is 16.7. The molecule has 0 spiro atoms. The number of ether oxygens (including phenoxy) is 2. The second kappa shape index (κ2) is 5.75. The second-order valence-electron chi connectivity index (χ2n) is 6.20. The molecule has 23 heavy (non-hydrogen) atoms. The fourth-order valence-electron chi connectivity index (χ4n) is 2.05. The predicted molar refractivity (Wildman–Crippen MR) is 85.1 cm³/mol. The first-order chi connectivity index (χ1) is 10.9. The molecular weight excluding hydrogens is 296 g/mol. The number of rotatable bonds is 3. The Morgan fingerprint density at radius 1 is 1.09 bits per heavy atom. The van der Waals surface area contributed by atoms with Gasteiger partial charge in [-0.15, -0.1) is 10.2 Å². The quantitative estimate of drug-likeness (QED) is 0.905. The number of fused-ring (bicyclic) bond motifs is 1. The van der Waals surface area contributed by atoms with Crippen molar-refractivity contribution in [1.29, 1.82) is 0 Å². The van der Waals surface area contributed by atoms with Crippen LogP contribution in [0.5, 0.6) is 11.5 Å². The number of nitrogens with zero attached hydrogens (tertiary/aromatic N) is 2. The number of aromatic nitrogens is 2.